The van der Waals surface area contributed by atoms with Gasteiger partial charge in [-0.05, 0) is 30.5 Å². The molecule has 2 heteroatoms. The van der Waals surface area contributed by atoms with Crippen LogP contribution in [0.3, 0.4) is 0 Å². The average molecular weight is 252 g/mol. The van der Waals surface area contributed by atoms with E-state index in [0.29, 0.717) is 12.0 Å². The third-order valence-electron chi connectivity index (χ3n) is 3.87. The highest BCUT2D eigenvalue weighted by Crippen LogP contribution is 2.40. The molecule has 0 aliphatic heterocycles. The van der Waals surface area contributed by atoms with Crippen LogP contribution >= 0.6 is 0 Å². The van der Waals surface area contributed by atoms with Crippen molar-refractivity contribution < 1.29 is 0 Å². The van der Waals surface area contributed by atoms with E-state index in [4.69, 9.17) is 5.73 Å². The Bertz CT molecular complexity index is 563. The van der Waals surface area contributed by atoms with Gasteiger partial charge in [0.1, 0.15) is 0 Å². The largest absolute Gasteiger partial charge is 0.398 e. The lowest BCUT2D eigenvalue weighted by atomic mass is 10.1. The molecule has 2 aromatic rings. The van der Waals surface area contributed by atoms with Gasteiger partial charge in [-0.25, -0.2) is 0 Å². The van der Waals surface area contributed by atoms with Gasteiger partial charge in [-0.3, -0.25) is 0 Å². The highest BCUT2D eigenvalue weighted by atomic mass is 15.0. The monoisotopic (exact) mass is 252 g/mol. The van der Waals surface area contributed by atoms with Crippen molar-refractivity contribution in [2.24, 2.45) is 0 Å². The van der Waals surface area contributed by atoms with Crippen molar-refractivity contribution in [1.29, 1.82) is 0 Å². The van der Waals surface area contributed by atoms with E-state index in [2.05, 4.69) is 54.7 Å². The number of nitrogen functional groups attached to an aromatic ring is 1. The van der Waals surface area contributed by atoms with Gasteiger partial charge in [-0.2, -0.15) is 0 Å². The zero-order chi connectivity index (χ0) is 13.2. The van der Waals surface area contributed by atoms with Gasteiger partial charge in [0, 0.05) is 24.2 Å². The molecule has 0 radical (unpaired) electrons. The molecule has 0 aromatic heterocycles. The van der Waals surface area contributed by atoms with Gasteiger partial charge in [-0.1, -0.05) is 48.0 Å². The Hall–Kier alpha value is -1.80. The zero-order valence-corrected chi connectivity index (χ0v) is 11.3. The van der Waals surface area contributed by atoms with Crippen molar-refractivity contribution in [2.75, 3.05) is 5.73 Å². The summed E-state index contributed by atoms with van der Waals surface area (Å²) in [5.41, 5.74) is 10.8. The molecule has 0 heterocycles. The summed E-state index contributed by atoms with van der Waals surface area (Å²) in [6, 6.07) is 17.6. The van der Waals surface area contributed by atoms with Crippen molar-refractivity contribution in [3.63, 3.8) is 0 Å². The third-order valence-corrected chi connectivity index (χ3v) is 3.87. The molecule has 3 N–H and O–H groups in total. The molecule has 2 aromatic carbocycles. The lowest BCUT2D eigenvalue weighted by Crippen LogP contribution is -2.18. The van der Waals surface area contributed by atoms with Crippen LogP contribution in [0.2, 0.25) is 0 Å². The van der Waals surface area contributed by atoms with Crippen LogP contribution in [-0.2, 0) is 6.54 Å². The van der Waals surface area contributed by atoms with E-state index in [1.807, 2.05) is 6.07 Å². The van der Waals surface area contributed by atoms with Gasteiger partial charge in [0.15, 0.2) is 0 Å². The normalized spacial score (nSPS) is 21.3. The fraction of sp³-hybridized carbons (Fsp3) is 0.294. The van der Waals surface area contributed by atoms with E-state index in [9.17, 15) is 0 Å². The van der Waals surface area contributed by atoms with Gasteiger partial charge in [-0.15, -0.1) is 0 Å². The minimum Gasteiger partial charge on any atom is -0.398 e. The van der Waals surface area contributed by atoms with E-state index in [0.717, 1.165) is 12.2 Å². The molecule has 1 fully saturated rings. The van der Waals surface area contributed by atoms with Crippen LogP contribution in [0.5, 0.6) is 0 Å². The standard InChI is InChI=1S/C17H20N2/c1-12-7-8-16(18)14(9-12)11-19-17-10-15(17)13-5-3-2-4-6-13/h2-9,15,17,19H,10-11,18H2,1H3. The van der Waals surface area contributed by atoms with Crippen LogP contribution in [0.15, 0.2) is 48.5 Å². The number of anilines is 1. The molecule has 0 bridgehead atoms. The van der Waals surface area contributed by atoms with E-state index >= 15 is 0 Å². The summed E-state index contributed by atoms with van der Waals surface area (Å²) in [6.45, 7) is 2.97. The van der Waals surface area contributed by atoms with E-state index in [1.54, 1.807) is 0 Å². The molecule has 2 nitrogen and oxygen atoms in total. The fourth-order valence-corrected chi connectivity index (χ4v) is 2.62. The summed E-state index contributed by atoms with van der Waals surface area (Å²) in [5, 5.41) is 3.61. The van der Waals surface area contributed by atoms with E-state index in [-0.39, 0.29) is 0 Å². The Balaban J connectivity index is 1.59. The SMILES string of the molecule is Cc1ccc(N)c(CNC2CC2c2ccccc2)c1. The topological polar surface area (TPSA) is 38.0 Å². The Kier molecular flexibility index (Phi) is 3.26. The van der Waals surface area contributed by atoms with Crippen molar-refractivity contribution in [1.82, 2.24) is 5.32 Å². The first-order valence-corrected chi connectivity index (χ1v) is 6.87. The minimum absolute atomic E-state index is 0.599. The Morgan fingerprint density at radius 1 is 1.16 bits per heavy atom. The van der Waals surface area contributed by atoms with E-state index in [1.165, 1.54) is 23.1 Å². The Labute approximate surface area is 114 Å². The maximum atomic E-state index is 6.00. The number of hydrogen-bond acceptors (Lipinski definition) is 2. The molecule has 0 spiro atoms. The number of nitrogens with one attached hydrogen (secondary N) is 1. The summed E-state index contributed by atoms with van der Waals surface area (Å²) >= 11 is 0. The molecule has 1 saturated carbocycles. The zero-order valence-electron chi connectivity index (χ0n) is 11.3. The molecule has 2 unspecified atom stereocenters. The number of benzene rings is 2. The van der Waals surface area contributed by atoms with Crippen molar-refractivity contribution >= 4 is 5.69 Å². The molecule has 3 rings (SSSR count). The van der Waals surface area contributed by atoms with Crippen LogP contribution in [0.4, 0.5) is 5.69 Å². The van der Waals surface area contributed by atoms with Crippen molar-refractivity contribution in [3.8, 4) is 0 Å². The lowest BCUT2D eigenvalue weighted by molar-refractivity contribution is 0.673. The maximum absolute atomic E-state index is 6.00. The quantitative estimate of drug-likeness (QED) is 0.820. The molecule has 98 valence electrons. The first-order valence-electron chi connectivity index (χ1n) is 6.87. The first kappa shape index (κ1) is 12.2. The smallest absolute Gasteiger partial charge is 0.0359 e. The van der Waals surface area contributed by atoms with Gasteiger partial charge >= 0.3 is 0 Å². The van der Waals surface area contributed by atoms with Crippen molar-refractivity contribution in [3.05, 3.63) is 65.2 Å². The van der Waals surface area contributed by atoms with Crippen molar-refractivity contribution in [2.45, 2.75) is 31.8 Å². The predicted octanol–water partition coefficient (Wildman–Crippen LogP) is 3.22. The second-order valence-corrected chi connectivity index (χ2v) is 5.44. The summed E-state index contributed by atoms with van der Waals surface area (Å²) < 4.78 is 0. The Morgan fingerprint density at radius 2 is 1.95 bits per heavy atom. The Morgan fingerprint density at radius 3 is 2.74 bits per heavy atom. The summed E-state index contributed by atoms with van der Waals surface area (Å²) in [4.78, 5) is 0. The van der Waals surface area contributed by atoms with Gasteiger partial charge in [0.2, 0.25) is 0 Å². The minimum atomic E-state index is 0.599. The molecule has 19 heavy (non-hydrogen) atoms. The number of rotatable bonds is 4. The third kappa shape index (κ3) is 2.79. The second-order valence-electron chi connectivity index (χ2n) is 5.44. The number of aryl methyl sites for hydroxylation is 1. The molecule has 0 saturated heterocycles. The van der Waals surface area contributed by atoms with Crippen LogP contribution < -0.4 is 11.1 Å². The summed E-state index contributed by atoms with van der Waals surface area (Å²) in [7, 11) is 0. The predicted molar refractivity (Wildman–Crippen MR) is 80.0 cm³/mol. The molecule has 1 aliphatic rings. The molecular formula is C17H20N2. The van der Waals surface area contributed by atoms with Crippen LogP contribution in [-0.4, -0.2) is 6.04 Å². The number of hydrogen-bond donors (Lipinski definition) is 2. The lowest BCUT2D eigenvalue weighted by Gasteiger charge is -2.08. The second kappa shape index (κ2) is 5.06. The summed E-state index contributed by atoms with van der Waals surface area (Å²) in [6.07, 6.45) is 1.23. The van der Waals surface area contributed by atoms with Crippen LogP contribution in [0, 0.1) is 6.92 Å². The van der Waals surface area contributed by atoms with Gasteiger partial charge < -0.3 is 11.1 Å². The van der Waals surface area contributed by atoms with E-state index < -0.39 is 0 Å². The average Bonchev–Trinajstić information content (AvgIpc) is 3.20. The van der Waals surface area contributed by atoms with Gasteiger partial charge in [0.05, 0.1) is 0 Å². The number of nitrogens with two attached hydrogens (primary N) is 1. The molecular weight excluding hydrogens is 232 g/mol. The first-order chi connectivity index (χ1) is 9.24. The fourth-order valence-electron chi connectivity index (χ4n) is 2.62. The molecule has 2 atom stereocenters. The van der Waals surface area contributed by atoms with Crippen LogP contribution in [0.25, 0.3) is 0 Å². The highest BCUT2D eigenvalue weighted by molar-refractivity contribution is 5.48. The summed E-state index contributed by atoms with van der Waals surface area (Å²) in [5.74, 6) is 0.673. The molecule has 1 aliphatic carbocycles. The van der Waals surface area contributed by atoms with Gasteiger partial charge in [0.25, 0.3) is 0 Å². The highest BCUT2D eigenvalue weighted by Gasteiger charge is 2.37. The van der Waals surface area contributed by atoms with Crippen LogP contribution in [0.1, 0.15) is 29.0 Å². The maximum Gasteiger partial charge on any atom is 0.0359 e. The molecule has 0 amide bonds.